The summed E-state index contributed by atoms with van der Waals surface area (Å²) in [6, 6.07) is 0. The average molecular weight is 130 g/mol. The van der Waals surface area contributed by atoms with Gasteiger partial charge in [0.25, 0.3) is 0 Å². The van der Waals surface area contributed by atoms with Gasteiger partial charge in [-0.3, -0.25) is 0 Å². The fourth-order valence-corrected chi connectivity index (χ4v) is 0. The smallest absolute Gasteiger partial charge is 1.00 e. The number of alkyl halides is 2. The minimum absolute atomic E-state index is 0. The molecular formula is C2H3AlF4. The molecule has 0 spiro atoms. The molecule has 0 heterocycles. The van der Waals surface area contributed by atoms with Crippen LogP contribution in [0.3, 0.4) is 0 Å². The molecule has 0 saturated carbocycles. The molecule has 0 atom stereocenters. The largest absolute Gasteiger partial charge is 1.00 e. The van der Waals surface area contributed by atoms with Crippen LogP contribution in [0.15, 0.2) is 0 Å². The Hall–Kier alpha value is 0.252. The second-order valence-corrected chi connectivity index (χ2v) is 1.10. The summed E-state index contributed by atoms with van der Waals surface area (Å²) in [5.74, 6) is 0. The van der Waals surface area contributed by atoms with Crippen molar-refractivity contribution in [2.75, 3.05) is 0 Å². The van der Waals surface area contributed by atoms with Gasteiger partial charge in [0.05, 0.1) is 0 Å². The van der Waals surface area contributed by atoms with E-state index in [1.54, 1.807) is 0 Å². The summed E-state index contributed by atoms with van der Waals surface area (Å²) in [4.78, 5) is 0. The van der Waals surface area contributed by atoms with Gasteiger partial charge < -0.3 is 9.41 Å². The molecule has 0 radical (unpaired) electrons. The molecule has 0 N–H and O–H groups in total. The van der Waals surface area contributed by atoms with Crippen molar-refractivity contribution in [3.63, 3.8) is 0 Å². The number of hydrogen-bond acceptors (Lipinski definition) is 0. The molecule has 0 fully saturated rings. The zero-order valence-corrected chi connectivity index (χ0v) is 4.53. The monoisotopic (exact) mass is 130 g/mol. The van der Waals surface area contributed by atoms with Crippen LogP contribution in [0.25, 0.3) is 0 Å². The fraction of sp³-hybridized carbons (Fsp3) is 1.00. The van der Waals surface area contributed by atoms with E-state index in [2.05, 4.69) is 0 Å². The number of rotatable bonds is 1. The van der Waals surface area contributed by atoms with Crippen LogP contribution < -0.4 is 9.41 Å². The molecule has 7 heavy (non-hydrogen) atoms. The topological polar surface area (TPSA) is 0 Å². The van der Waals surface area contributed by atoms with Crippen molar-refractivity contribution in [2.45, 2.75) is 11.7 Å². The van der Waals surface area contributed by atoms with Crippen LogP contribution in [0.1, 0.15) is 0 Å². The maximum Gasteiger partial charge on any atom is -1.00 e. The van der Waals surface area contributed by atoms with Gasteiger partial charge in [-0.2, -0.15) is 0 Å². The van der Waals surface area contributed by atoms with Gasteiger partial charge in [0, 0.05) is 0 Å². The van der Waals surface area contributed by atoms with Crippen molar-refractivity contribution in [1.82, 2.24) is 0 Å². The molecule has 0 aromatic heterocycles. The van der Waals surface area contributed by atoms with Gasteiger partial charge in [0.1, 0.15) is 0 Å². The minimum Gasteiger partial charge on any atom is -1.00 e. The molecule has 0 aliphatic carbocycles. The molecule has 0 nitrogen and oxygen atoms in total. The van der Waals surface area contributed by atoms with Crippen LogP contribution >= 0.6 is 0 Å². The average Bonchev–Trinajstić information content (AvgIpc) is 1.38. The maximum absolute atomic E-state index is 10.7. The Morgan fingerprint density at radius 3 is 1.43 bits per heavy atom. The zero-order valence-electron chi connectivity index (χ0n) is 3.37. The molecule has 0 amide bonds. The molecule has 0 bridgehead atoms. The molecule has 5 heteroatoms. The van der Waals surface area contributed by atoms with Gasteiger partial charge >= 0.3 is 36.8 Å². The van der Waals surface area contributed by atoms with Crippen LogP contribution in [0.2, 0.25) is 5.28 Å². The van der Waals surface area contributed by atoms with Crippen molar-refractivity contribution < 1.29 is 18.2 Å². The van der Waals surface area contributed by atoms with E-state index in [4.69, 9.17) is 0 Å². The van der Waals surface area contributed by atoms with Crippen LogP contribution in [0.5, 0.6) is 0 Å². The first kappa shape index (κ1) is 15.7. The standard InChI is InChI=1S/C2H3F2.Al.2FH/c1-2(3)4;;;/h2H,1H2;;2*1H/q;+2;;/p-2. The maximum atomic E-state index is 10.7. The van der Waals surface area contributed by atoms with Crippen LogP contribution in [0, 0.1) is 0 Å². The van der Waals surface area contributed by atoms with Crippen molar-refractivity contribution >= 4 is 16.3 Å². The van der Waals surface area contributed by atoms with E-state index >= 15 is 0 Å². The summed E-state index contributed by atoms with van der Waals surface area (Å²) in [6.45, 7) is 0. The van der Waals surface area contributed by atoms with Crippen LogP contribution in [0.4, 0.5) is 8.78 Å². The Morgan fingerprint density at radius 2 is 1.43 bits per heavy atom. The third-order valence-electron chi connectivity index (χ3n) is 0.178. The summed E-state index contributed by atoms with van der Waals surface area (Å²) in [6.07, 6.45) is -2.15. The van der Waals surface area contributed by atoms with E-state index in [9.17, 15) is 8.78 Å². The molecule has 0 aliphatic rings. The normalized spacial score (nSPS) is 7.00. The van der Waals surface area contributed by atoms with Crippen molar-refractivity contribution in [3.8, 4) is 0 Å². The van der Waals surface area contributed by atoms with Gasteiger partial charge in [-0.25, -0.2) is 0 Å². The van der Waals surface area contributed by atoms with E-state index in [-0.39, 0.29) is 14.7 Å². The Labute approximate surface area is 47.1 Å². The summed E-state index contributed by atoms with van der Waals surface area (Å²) >= 11 is 1.94. The predicted molar refractivity (Wildman–Crippen MR) is 16.6 cm³/mol. The molecule has 42 valence electrons. The molecule has 0 aromatic rings. The molecule has 0 saturated heterocycles. The van der Waals surface area contributed by atoms with Crippen molar-refractivity contribution in [1.29, 1.82) is 0 Å². The second-order valence-electron chi connectivity index (χ2n) is 0.627. The molecule has 0 rings (SSSR count). The van der Waals surface area contributed by atoms with Crippen molar-refractivity contribution in [2.24, 2.45) is 0 Å². The quantitative estimate of drug-likeness (QED) is 0.246. The summed E-state index contributed by atoms with van der Waals surface area (Å²) < 4.78 is 21.5. The third kappa shape index (κ3) is 22.3. The first-order valence-electron chi connectivity index (χ1n) is 1.25. The first-order valence-corrected chi connectivity index (χ1v) is 2.07. The van der Waals surface area contributed by atoms with E-state index in [1.807, 2.05) is 16.3 Å². The zero-order chi connectivity index (χ0) is 4.28. The van der Waals surface area contributed by atoms with Crippen molar-refractivity contribution in [3.05, 3.63) is 0 Å². The Kier molecular flexibility index (Phi) is 21.4. The van der Waals surface area contributed by atoms with Gasteiger partial charge in [0.2, 0.25) is 0 Å². The Balaban J connectivity index is -0.0000000800. The predicted octanol–water partition coefficient (Wildman–Crippen LogP) is -5.15. The Bertz CT molecular complexity index is 23.7. The first-order chi connectivity index (χ1) is 2.27. The number of halogens is 4. The summed E-state index contributed by atoms with van der Waals surface area (Å²) in [7, 11) is 0. The number of hydrogen-bond donors (Lipinski definition) is 0. The van der Waals surface area contributed by atoms with Gasteiger partial charge in [-0.1, -0.05) is 0 Å². The van der Waals surface area contributed by atoms with Gasteiger partial charge in [-0.05, 0) is 0 Å². The SMILES string of the molecule is FC(F)[CH2][Al+2].[F-].[F-]. The third-order valence-corrected chi connectivity index (χ3v) is 0.535. The van der Waals surface area contributed by atoms with Crippen LogP contribution in [-0.4, -0.2) is 22.7 Å². The fourth-order valence-electron chi connectivity index (χ4n) is 0. The van der Waals surface area contributed by atoms with E-state index in [0.29, 0.717) is 0 Å². The summed E-state index contributed by atoms with van der Waals surface area (Å²) in [5.41, 5.74) is 0. The van der Waals surface area contributed by atoms with Gasteiger partial charge in [-0.15, -0.1) is 0 Å². The van der Waals surface area contributed by atoms with E-state index in [1.165, 1.54) is 0 Å². The minimum atomic E-state index is -2.15. The Morgan fingerprint density at radius 1 is 1.29 bits per heavy atom. The van der Waals surface area contributed by atoms with E-state index in [0.717, 1.165) is 0 Å². The van der Waals surface area contributed by atoms with Crippen LogP contribution in [-0.2, 0) is 0 Å². The van der Waals surface area contributed by atoms with Gasteiger partial charge in [0.15, 0.2) is 0 Å². The molecule has 0 aliphatic heterocycles. The summed E-state index contributed by atoms with van der Waals surface area (Å²) in [5, 5.41) is -0.111. The van der Waals surface area contributed by atoms with E-state index < -0.39 is 6.43 Å². The molecule has 0 unspecified atom stereocenters. The second kappa shape index (κ2) is 9.54. The molecular weight excluding hydrogens is 127 g/mol. The molecule has 0 aromatic carbocycles.